The summed E-state index contributed by atoms with van der Waals surface area (Å²) in [5.41, 5.74) is 1.14. The lowest BCUT2D eigenvalue weighted by Crippen LogP contribution is -2.41. The third kappa shape index (κ3) is 5.46. The molecule has 2 N–H and O–H groups in total. The Morgan fingerprint density at radius 1 is 0.938 bits per heavy atom. The Hall–Kier alpha value is -3.81. The molecule has 166 valence electrons. The summed E-state index contributed by atoms with van der Waals surface area (Å²) in [6.07, 6.45) is 0.622. The molecule has 3 rings (SSSR count). The fraction of sp³-hybridized carbons (Fsp3) is 0.208. The van der Waals surface area contributed by atoms with Gasteiger partial charge in [0.1, 0.15) is 29.5 Å². The Balaban J connectivity index is 1.76. The lowest BCUT2D eigenvalue weighted by Gasteiger charge is -2.26. The van der Waals surface area contributed by atoms with E-state index in [1.807, 2.05) is 0 Å². The fourth-order valence-electron chi connectivity index (χ4n) is 3.32. The van der Waals surface area contributed by atoms with E-state index in [0.29, 0.717) is 11.1 Å². The summed E-state index contributed by atoms with van der Waals surface area (Å²) in [5.74, 6) is -3.07. The van der Waals surface area contributed by atoms with E-state index in [4.69, 9.17) is 4.74 Å². The van der Waals surface area contributed by atoms with Crippen molar-refractivity contribution in [1.82, 2.24) is 10.3 Å². The molecule has 0 aliphatic heterocycles. The van der Waals surface area contributed by atoms with Crippen LogP contribution in [0.25, 0.3) is 0 Å². The predicted molar refractivity (Wildman–Crippen MR) is 113 cm³/mol. The number of nitrogens with one attached hydrogen (secondary N) is 1. The summed E-state index contributed by atoms with van der Waals surface area (Å²) in [7, 11) is 0. The Labute approximate surface area is 183 Å². The molecule has 6 nitrogen and oxygen atoms in total. The molecule has 2 atom stereocenters. The summed E-state index contributed by atoms with van der Waals surface area (Å²) in [6.45, 7) is 3.10. The first kappa shape index (κ1) is 22.9. The van der Waals surface area contributed by atoms with Crippen molar-refractivity contribution in [2.75, 3.05) is 0 Å². The van der Waals surface area contributed by atoms with Gasteiger partial charge >= 0.3 is 5.97 Å². The molecule has 3 aromatic rings. The number of halogens is 2. The number of benzene rings is 2. The van der Waals surface area contributed by atoms with Gasteiger partial charge in [-0.2, -0.15) is 0 Å². The number of aromatic hydroxyl groups is 1. The number of nitrogens with zero attached hydrogens (tertiary/aromatic N) is 1. The zero-order valence-corrected chi connectivity index (χ0v) is 17.5. The molecular formula is C24H22F2N2O4. The minimum absolute atomic E-state index is 0.212. The van der Waals surface area contributed by atoms with Crippen LogP contribution in [0.1, 0.15) is 41.4 Å². The first-order valence-electron chi connectivity index (χ1n) is 9.92. The molecule has 0 radical (unpaired) electrons. The van der Waals surface area contributed by atoms with Crippen LogP contribution in [0.2, 0.25) is 0 Å². The molecule has 2 aromatic carbocycles. The lowest BCUT2D eigenvalue weighted by molar-refractivity contribution is -0.150. The van der Waals surface area contributed by atoms with E-state index < -0.39 is 41.6 Å². The molecule has 0 aliphatic carbocycles. The van der Waals surface area contributed by atoms with Crippen LogP contribution in [0.5, 0.6) is 5.75 Å². The van der Waals surface area contributed by atoms with Crippen molar-refractivity contribution < 1.29 is 28.2 Å². The van der Waals surface area contributed by atoms with Crippen molar-refractivity contribution >= 4 is 11.9 Å². The average Bonchev–Trinajstić information content (AvgIpc) is 2.76. The van der Waals surface area contributed by atoms with Gasteiger partial charge < -0.3 is 15.2 Å². The van der Waals surface area contributed by atoms with E-state index in [-0.39, 0.29) is 11.4 Å². The molecule has 32 heavy (non-hydrogen) atoms. The number of carbonyl (C=O) groups is 2. The number of hydrogen-bond donors (Lipinski definition) is 2. The van der Waals surface area contributed by atoms with Gasteiger partial charge in [0, 0.05) is 12.1 Å². The van der Waals surface area contributed by atoms with Gasteiger partial charge in [-0.15, -0.1) is 0 Å². The quantitative estimate of drug-likeness (QED) is 0.543. The molecule has 0 saturated carbocycles. The zero-order valence-electron chi connectivity index (χ0n) is 17.5. The lowest BCUT2D eigenvalue weighted by atomic mass is 9.87. The Kier molecular flexibility index (Phi) is 7.14. The van der Waals surface area contributed by atoms with Crippen LogP contribution in [0.15, 0.2) is 66.9 Å². The SMILES string of the molecule is C[C@H](NC(=O)c1ncccc1O)C(=O)O[C@@H](C)C(c1ccc(F)cc1)c1ccc(F)cc1. The molecule has 0 aliphatic rings. The third-order valence-corrected chi connectivity index (χ3v) is 4.93. The van der Waals surface area contributed by atoms with Gasteiger partial charge in [0.15, 0.2) is 5.69 Å². The maximum Gasteiger partial charge on any atom is 0.328 e. The van der Waals surface area contributed by atoms with E-state index in [1.54, 1.807) is 31.2 Å². The van der Waals surface area contributed by atoms with Crippen LogP contribution in [-0.4, -0.2) is 34.1 Å². The van der Waals surface area contributed by atoms with Crippen molar-refractivity contribution in [2.24, 2.45) is 0 Å². The number of esters is 1. The molecule has 0 unspecified atom stereocenters. The Bertz CT molecular complexity index is 1040. The molecule has 0 fully saturated rings. The highest BCUT2D eigenvalue weighted by atomic mass is 19.1. The zero-order chi connectivity index (χ0) is 23.3. The largest absolute Gasteiger partial charge is 0.505 e. The number of amides is 1. The van der Waals surface area contributed by atoms with Crippen molar-refractivity contribution in [2.45, 2.75) is 31.9 Å². The topological polar surface area (TPSA) is 88.5 Å². The van der Waals surface area contributed by atoms with Crippen molar-refractivity contribution in [3.63, 3.8) is 0 Å². The highest BCUT2D eigenvalue weighted by Gasteiger charge is 2.28. The highest BCUT2D eigenvalue weighted by Crippen LogP contribution is 2.30. The van der Waals surface area contributed by atoms with E-state index in [2.05, 4.69) is 10.3 Å². The van der Waals surface area contributed by atoms with E-state index >= 15 is 0 Å². The standard InChI is InChI=1S/C24H22F2N2O4/c1-14(28-23(30)22-20(29)4-3-13-27-22)24(31)32-15(2)21(16-5-9-18(25)10-6-16)17-7-11-19(26)12-8-17/h3-15,21,29H,1-2H3,(H,28,30)/t14-,15-/m0/s1. The first-order valence-corrected chi connectivity index (χ1v) is 9.92. The van der Waals surface area contributed by atoms with Crippen LogP contribution in [0, 0.1) is 11.6 Å². The second-order valence-electron chi connectivity index (χ2n) is 7.29. The number of hydrogen-bond acceptors (Lipinski definition) is 5. The van der Waals surface area contributed by atoms with Gasteiger partial charge in [-0.1, -0.05) is 24.3 Å². The minimum atomic E-state index is -1.03. The summed E-state index contributed by atoms with van der Waals surface area (Å²) in [5, 5.41) is 12.2. The van der Waals surface area contributed by atoms with Gasteiger partial charge in [0.05, 0.1) is 0 Å². The van der Waals surface area contributed by atoms with Gasteiger partial charge in [-0.05, 0) is 61.4 Å². The first-order chi connectivity index (χ1) is 15.3. The molecule has 0 spiro atoms. The number of aromatic nitrogens is 1. The summed E-state index contributed by atoms with van der Waals surface area (Å²) in [4.78, 5) is 28.7. The molecule has 1 amide bonds. The second-order valence-corrected chi connectivity index (χ2v) is 7.29. The fourth-order valence-corrected chi connectivity index (χ4v) is 3.32. The predicted octanol–water partition coefficient (Wildman–Crippen LogP) is 3.95. The van der Waals surface area contributed by atoms with E-state index in [9.17, 15) is 23.5 Å². The van der Waals surface area contributed by atoms with E-state index in [1.165, 1.54) is 49.5 Å². The number of ether oxygens (including phenoxy) is 1. The van der Waals surface area contributed by atoms with Crippen molar-refractivity contribution in [3.8, 4) is 5.75 Å². The summed E-state index contributed by atoms with van der Waals surface area (Å²) >= 11 is 0. The van der Waals surface area contributed by atoms with Crippen LogP contribution < -0.4 is 5.32 Å². The normalized spacial score (nSPS) is 12.8. The van der Waals surface area contributed by atoms with E-state index in [0.717, 1.165) is 0 Å². The van der Waals surface area contributed by atoms with Crippen LogP contribution in [0.3, 0.4) is 0 Å². The maximum atomic E-state index is 13.4. The van der Waals surface area contributed by atoms with Crippen molar-refractivity contribution in [1.29, 1.82) is 0 Å². The Morgan fingerprint density at radius 2 is 1.47 bits per heavy atom. The molecule has 0 bridgehead atoms. The minimum Gasteiger partial charge on any atom is -0.505 e. The maximum absolute atomic E-state index is 13.4. The number of pyridine rings is 1. The summed E-state index contributed by atoms with van der Waals surface area (Å²) < 4.78 is 32.4. The van der Waals surface area contributed by atoms with Gasteiger partial charge in [-0.3, -0.25) is 4.79 Å². The number of rotatable bonds is 7. The second kappa shape index (κ2) is 10.00. The molecule has 1 aromatic heterocycles. The van der Waals surface area contributed by atoms with Gasteiger partial charge in [-0.25, -0.2) is 18.6 Å². The average molecular weight is 440 g/mol. The number of carbonyl (C=O) groups excluding carboxylic acids is 2. The molecule has 1 heterocycles. The van der Waals surface area contributed by atoms with Gasteiger partial charge in [0.25, 0.3) is 5.91 Å². The molecule has 8 heteroatoms. The van der Waals surface area contributed by atoms with Crippen LogP contribution >= 0.6 is 0 Å². The Morgan fingerprint density at radius 3 is 1.97 bits per heavy atom. The van der Waals surface area contributed by atoms with Crippen LogP contribution in [0.4, 0.5) is 8.78 Å². The monoisotopic (exact) mass is 440 g/mol. The van der Waals surface area contributed by atoms with Crippen molar-refractivity contribution in [3.05, 3.63) is 95.3 Å². The highest BCUT2D eigenvalue weighted by molar-refractivity contribution is 5.97. The summed E-state index contributed by atoms with van der Waals surface area (Å²) in [6, 6.07) is 13.2. The molecular weight excluding hydrogens is 418 g/mol. The van der Waals surface area contributed by atoms with Gasteiger partial charge in [0.2, 0.25) is 0 Å². The van der Waals surface area contributed by atoms with Crippen LogP contribution in [-0.2, 0) is 9.53 Å². The third-order valence-electron chi connectivity index (χ3n) is 4.93. The molecule has 0 saturated heterocycles. The smallest absolute Gasteiger partial charge is 0.328 e.